The summed E-state index contributed by atoms with van der Waals surface area (Å²) in [7, 11) is -3.10. The molecule has 2 unspecified atom stereocenters. The van der Waals surface area contributed by atoms with Gasteiger partial charge in [-0.15, -0.1) is 0 Å². The van der Waals surface area contributed by atoms with Crippen LogP contribution in [0.5, 0.6) is 0 Å². The summed E-state index contributed by atoms with van der Waals surface area (Å²) in [4.78, 5) is 0.576. The molecular weight excluding hydrogens is 402 g/mol. The first kappa shape index (κ1) is 21.8. The Labute approximate surface area is 186 Å². The van der Waals surface area contributed by atoms with Crippen LogP contribution < -0.4 is 10.0 Å². The molecule has 0 radical (unpaired) electrons. The van der Waals surface area contributed by atoms with Crippen molar-refractivity contribution in [1.29, 1.82) is 4.78 Å². The van der Waals surface area contributed by atoms with Crippen LogP contribution in [-0.2, 0) is 16.5 Å². The first-order valence-electron chi connectivity index (χ1n) is 11.3. The predicted molar refractivity (Wildman–Crippen MR) is 131 cm³/mol. The van der Waals surface area contributed by atoms with Crippen molar-refractivity contribution in [1.82, 2.24) is 4.72 Å². The fourth-order valence-corrected chi connectivity index (χ4v) is 6.32. The van der Waals surface area contributed by atoms with Crippen LogP contribution in [-0.4, -0.2) is 10.3 Å². The second-order valence-electron chi connectivity index (χ2n) is 8.80. The third kappa shape index (κ3) is 4.94. The van der Waals surface area contributed by atoms with Crippen LogP contribution in [0.25, 0.3) is 10.8 Å². The highest BCUT2D eigenvalue weighted by Gasteiger charge is 2.24. The summed E-state index contributed by atoms with van der Waals surface area (Å²) in [6.45, 7) is 4.93. The zero-order valence-electron chi connectivity index (χ0n) is 18.5. The van der Waals surface area contributed by atoms with E-state index in [4.69, 9.17) is 4.78 Å². The highest BCUT2D eigenvalue weighted by atomic mass is 32.2. The molecule has 3 aromatic rings. The minimum atomic E-state index is -3.10. The van der Waals surface area contributed by atoms with Crippen LogP contribution in [0.2, 0.25) is 0 Å². The van der Waals surface area contributed by atoms with E-state index in [2.05, 4.69) is 48.2 Å². The molecule has 1 fully saturated rings. The highest BCUT2D eigenvalue weighted by molar-refractivity contribution is 7.90. The molecule has 0 amide bonds. The van der Waals surface area contributed by atoms with Gasteiger partial charge in [0.25, 0.3) is 0 Å². The van der Waals surface area contributed by atoms with Crippen LogP contribution in [0.4, 0.5) is 5.69 Å². The Morgan fingerprint density at radius 1 is 0.968 bits per heavy atom. The summed E-state index contributed by atoms with van der Waals surface area (Å²) >= 11 is 0. The molecule has 164 valence electrons. The molecule has 31 heavy (non-hydrogen) atoms. The van der Waals surface area contributed by atoms with Gasteiger partial charge in [0, 0.05) is 29.0 Å². The Morgan fingerprint density at radius 3 is 2.39 bits per heavy atom. The third-order valence-electron chi connectivity index (χ3n) is 6.63. The molecule has 1 saturated carbocycles. The number of anilines is 1. The molecule has 0 aliphatic heterocycles. The van der Waals surface area contributed by atoms with Gasteiger partial charge in [-0.05, 0) is 55.9 Å². The lowest BCUT2D eigenvalue weighted by Crippen LogP contribution is -2.38. The van der Waals surface area contributed by atoms with Crippen molar-refractivity contribution in [3.63, 3.8) is 0 Å². The van der Waals surface area contributed by atoms with Gasteiger partial charge in [0.2, 0.25) is 0 Å². The van der Waals surface area contributed by atoms with Crippen LogP contribution in [0, 0.1) is 17.6 Å². The van der Waals surface area contributed by atoms with Crippen LogP contribution in [0.3, 0.4) is 0 Å². The Balaban J connectivity index is 1.60. The Bertz CT molecular complexity index is 1150. The maximum Gasteiger partial charge on any atom is 0.135 e. The maximum atomic E-state index is 13.5. The molecule has 3 aromatic carbocycles. The van der Waals surface area contributed by atoms with E-state index in [1.54, 1.807) is 0 Å². The SMILES string of the molecule is Cc1ccccc1CNc1ccc(S(=N)(=O)NC(C)C2CCCCC2)c2ccccc12. The van der Waals surface area contributed by atoms with Crippen LogP contribution in [0.1, 0.15) is 50.2 Å². The van der Waals surface area contributed by atoms with Gasteiger partial charge in [-0.25, -0.2) is 13.7 Å². The quantitative estimate of drug-likeness (QED) is 0.389. The topological polar surface area (TPSA) is 65.0 Å². The number of hydrogen-bond acceptors (Lipinski definition) is 3. The number of nitrogens with one attached hydrogen (secondary N) is 3. The number of rotatable bonds is 7. The summed E-state index contributed by atoms with van der Waals surface area (Å²) in [5, 5.41) is 5.42. The number of fused-ring (bicyclic) bond motifs is 1. The van der Waals surface area contributed by atoms with E-state index >= 15 is 0 Å². The van der Waals surface area contributed by atoms with E-state index in [0.29, 0.717) is 10.8 Å². The van der Waals surface area contributed by atoms with Gasteiger partial charge < -0.3 is 5.32 Å². The van der Waals surface area contributed by atoms with E-state index in [-0.39, 0.29) is 6.04 Å². The highest BCUT2D eigenvalue weighted by Crippen LogP contribution is 2.32. The summed E-state index contributed by atoms with van der Waals surface area (Å²) in [6, 6.07) is 20.2. The first-order chi connectivity index (χ1) is 15.0. The lowest BCUT2D eigenvalue weighted by Gasteiger charge is -2.29. The predicted octanol–water partition coefficient (Wildman–Crippen LogP) is 6.64. The molecule has 3 N–H and O–H groups in total. The van der Waals surface area contributed by atoms with E-state index in [9.17, 15) is 4.21 Å². The van der Waals surface area contributed by atoms with Crippen molar-refractivity contribution in [2.45, 2.75) is 63.4 Å². The van der Waals surface area contributed by atoms with Crippen molar-refractivity contribution in [2.75, 3.05) is 5.32 Å². The monoisotopic (exact) mass is 435 g/mol. The van der Waals surface area contributed by atoms with Gasteiger partial charge in [-0.1, -0.05) is 67.8 Å². The van der Waals surface area contributed by atoms with Crippen LogP contribution in [0.15, 0.2) is 65.6 Å². The van der Waals surface area contributed by atoms with E-state index in [1.165, 1.54) is 30.4 Å². The molecule has 1 aliphatic rings. The second-order valence-corrected chi connectivity index (χ2v) is 10.6. The van der Waals surface area contributed by atoms with Crippen molar-refractivity contribution >= 4 is 26.4 Å². The molecule has 4 rings (SSSR count). The second kappa shape index (κ2) is 9.41. The number of aryl methyl sites for hydroxylation is 1. The maximum absolute atomic E-state index is 13.5. The largest absolute Gasteiger partial charge is 0.380 e. The fourth-order valence-electron chi connectivity index (χ4n) is 4.73. The number of hydrogen-bond donors (Lipinski definition) is 3. The van der Waals surface area contributed by atoms with Crippen molar-refractivity contribution < 1.29 is 4.21 Å². The molecule has 0 bridgehead atoms. The minimum absolute atomic E-state index is 0.0721. The van der Waals surface area contributed by atoms with Crippen molar-refractivity contribution in [3.05, 3.63) is 71.8 Å². The molecule has 0 spiro atoms. The molecule has 4 nitrogen and oxygen atoms in total. The summed E-state index contributed by atoms with van der Waals surface area (Å²) in [5.41, 5.74) is 3.51. The molecule has 1 aliphatic carbocycles. The average molecular weight is 436 g/mol. The van der Waals surface area contributed by atoms with Gasteiger partial charge in [-0.2, -0.15) is 0 Å². The zero-order chi connectivity index (χ0) is 21.8. The van der Waals surface area contributed by atoms with E-state index < -0.39 is 9.92 Å². The number of benzene rings is 3. The van der Waals surface area contributed by atoms with Gasteiger partial charge in [0.05, 0.1) is 4.90 Å². The van der Waals surface area contributed by atoms with E-state index in [1.807, 2.05) is 36.4 Å². The summed E-state index contributed by atoms with van der Waals surface area (Å²) in [5.74, 6) is 0.501. The van der Waals surface area contributed by atoms with Gasteiger partial charge in [0.15, 0.2) is 0 Å². The average Bonchev–Trinajstić information content (AvgIpc) is 2.78. The lowest BCUT2D eigenvalue weighted by molar-refractivity contribution is 0.304. The van der Waals surface area contributed by atoms with Crippen molar-refractivity contribution in [2.24, 2.45) is 5.92 Å². The minimum Gasteiger partial charge on any atom is -0.380 e. The first-order valence-corrected chi connectivity index (χ1v) is 12.9. The Kier molecular flexibility index (Phi) is 6.63. The molecule has 0 saturated heterocycles. The molecule has 5 heteroatoms. The summed E-state index contributed by atoms with van der Waals surface area (Å²) in [6.07, 6.45) is 6.08. The van der Waals surface area contributed by atoms with Gasteiger partial charge >= 0.3 is 0 Å². The van der Waals surface area contributed by atoms with Gasteiger partial charge in [-0.3, -0.25) is 0 Å². The van der Waals surface area contributed by atoms with Crippen molar-refractivity contribution in [3.8, 4) is 0 Å². The molecular formula is C26H33N3OS. The third-order valence-corrected chi connectivity index (χ3v) is 8.31. The Hall–Kier alpha value is -2.37. The normalized spacial score (nSPS) is 17.9. The smallest absolute Gasteiger partial charge is 0.135 e. The zero-order valence-corrected chi connectivity index (χ0v) is 19.3. The fraction of sp³-hybridized carbons (Fsp3) is 0.385. The van der Waals surface area contributed by atoms with Crippen LogP contribution >= 0.6 is 0 Å². The molecule has 2 atom stereocenters. The van der Waals surface area contributed by atoms with Gasteiger partial charge in [0.1, 0.15) is 9.92 Å². The Morgan fingerprint density at radius 2 is 1.65 bits per heavy atom. The summed E-state index contributed by atoms with van der Waals surface area (Å²) < 4.78 is 25.4. The molecule has 0 heterocycles. The standard InChI is InChI=1S/C26H33N3OS/c1-19-10-6-7-13-22(19)18-28-25-16-17-26(24-15-9-8-14-23(24)25)31(27,30)29-20(2)21-11-4-3-5-12-21/h6-10,13-17,20-21,28H,3-5,11-12,18H2,1-2H3,(H2,27,29,30). The van der Waals surface area contributed by atoms with E-state index in [0.717, 1.165) is 35.8 Å². The molecule has 0 aromatic heterocycles. The lowest BCUT2D eigenvalue weighted by atomic mass is 9.85.